The number of aliphatic hydroxyl groups is 7. The van der Waals surface area contributed by atoms with Crippen LogP contribution < -0.4 is 0 Å². The van der Waals surface area contributed by atoms with Gasteiger partial charge in [0.05, 0.1) is 24.4 Å². The molecule has 0 radical (unpaired) electrons. The van der Waals surface area contributed by atoms with Crippen LogP contribution in [0.4, 0.5) is 0 Å². The van der Waals surface area contributed by atoms with Crippen LogP contribution in [-0.4, -0.2) is 97.5 Å². The topological polar surface area (TPSA) is 160 Å². The van der Waals surface area contributed by atoms with Crippen molar-refractivity contribution in [2.75, 3.05) is 13.2 Å². The number of hydrogen-bond donors (Lipinski definition) is 7. The molecule has 0 aromatic carbocycles. The van der Waals surface area contributed by atoms with E-state index in [0.717, 1.165) is 44.9 Å². The summed E-state index contributed by atoms with van der Waals surface area (Å²) < 4.78 is 12.7. The first-order chi connectivity index (χ1) is 20.8. The maximum atomic E-state index is 11.4. The van der Waals surface area contributed by atoms with Crippen LogP contribution in [0.25, 0.3) is 0 Å². The highest BCUT2D eigenvalue weighted by molar-refractivity contribution is 5.21. The fourth-order valence-electron chi connectivity index (χ4n) is 13.4. The van der Waals surface area contributed by atoms with Gasteiger partial charge < -0.3 is 45.2 Å². The van der Waals surface area contributed by atoms with Crippen molar-refractivity contribution >= 4 is 0 Å². The first-order valence-corrected chi connectivity index (χ1v) is 17.8. The van der Waals surface area contributed by atoms with E-state index < -0.39 is 60.5 Å². The molecule has 1 aliphatic heterocycles. The second-order valence-electron chi connectivity index (χ2n) is 18.4. The molecule has 0 bridgehead atoms. The van der Waals surface area contributed by atoms with Crippen LogP contribution in [0.3, 0.4) is 0 Å². The summed E-state index contributed by atoms with van der Waals surface area (Å²) in [5.41, 5.74) is -1.95. The van der Waals surface area contributed by atoms with Crippen LogP contribution in [0.2, 0.25) is 0 Å². The minimum Gasteiger partial charge on any atom is -0.396 e. The Bertz CT molecular complexity index is 1110. The van der Waals surface area contributed by atoms with Gasteiger partial charge in [-0.05, 0) is 128 Å². The lowest BCUT2D eigenvalue weighted by Gasteiger charge is -2.74. The highest BCUT2D eigenvalue weighted by Gasteiger charge is 2.73. The van der Waals surface area contributed by atoms with E-state index in [1.165, 1.54) is 0 Å². The zero-order chi connectivity index (χ0) is 33.1. The number of aliphatic hydroxyl groups excluding tert-OH is 6. The molecule has 16 unspecified atom stereocenters. The largest absolute Gasteiger partial charge is 0.396 e. The second-order valence-corrected chi connectivity index (χ2v) is 18.4. The Morgan fingerprint density at radius 2 is 1.49 bits per heavy atom. The van der Waals surface area contributed by atoms with Gasteiger partial charge in [0.1, 0.15) is 24.4 Å². The van der Waals surface area contributed by atoms with Gasteiger partial charge >= 0.3 is 0 Å². The van der Waals surface area contributed by atoms with Crippen molar-refractivity contribution in [3.63, 3.8) is 0 Å². The van der Waals surface area contributed by atoms with Crippen LogP contribution in [0.5, 0.6) is 0 Å². The van der Waals surface area contributed by atoms with Crippen molar-refractivity contribution in [2.24, 2.45) is 56.7 Å². The summed E-state index contributed by atoms with van der Waals surface area (Å²) in [5.74, 6) is 0.968. The van der Waals surface area contributed by atoms with Crippen molar-refractivity contribution in [3.05, 3.63) is 0 Å². The van der Waals surface area contributed by atoms with Gasteiger partial charge in [0, 0.05) is 6.61 Å². The molecule has 0 spiro atoms. The average molecular weight is 639 g/mol. The minimum atomic E-state index is -1.52. The van der Waals surface area contributed by atoms with Crippen molar-refractivity contribution in [3.8, 4) is 0 Å². The number of hydrogen-bond acceptors (Lipinski definition) is 9. The summed E-state index contributed by atoms with van der Waals surface area (Å²) in [7, 11) is 0. The summed E-state index contributed by atoms with van der Waals surface area (Å²) in [6, 6.07) is 0. The first-order valence-electron chi connectivity index (χ1n) is 17.8. The second kappa shape index (κ2) is 11.1. The number of rotatable bonds is 5. The smallest absolute Gasteiger partial charge is 0.186 e. The molecule has 5 aliphatic carbocycles. The number of fused-ring (bicyclic) bond motifs is 7. The lowest BCUT2D eigenvalue weighted by molar-refractivity contribution is -0.347. The third kappa shape index (κ3) is 4.72. The van der Waals surface area contributed by atoms with Gasteiger partial charge in [-0.25, -0.2) is 0 Å². The van der Waals surface area contributed by atoms with Gasteiger partial charge in [0.2, 0.25) is 0 Å². The maximum absolute atomic E-state index is 11.4. The van der Waals surface area contributed by atoms with E-state index in [4.69, 9.17) is 9.47 Å². The van der Waals surface area contributed by atoms with Crippen molar-refractivity contribution in [2.45, 2.75) is 155 Å². The van der Waals surface area contributed by atoms with Crippen LogP contribution in [0.1, 0.15) is 106 Å². The van der Waals surface area contributed by atoms with E-state index in [2.05, 4.69) is 34.6 Å². The summed E-state index contributed by atoms with van der Waals surface area (Å²) in [4.78, 5) is 0. The van der Waals surface area contributed by atoms with Crippen LogP contribution >= 0.6 is 0 Å². The molecule has 16 atom stereocenters. The van der Waals surface area contributed by atoms with Crippen molar-refractivity contribution in [1.29, 1.82) is 0 Å². The van der Waals surface area contributed by atoms with Gasteiger partial charge in [-0.2, -0.15) is 0 Å². The Labute approximate surface area is 269 Å². The zero-order valence-corrected chi connectivity index (χ0v) is 28.7. The molecule has 7 N–H and O–H groups in total. The van der Waals surface area contributed by atoms with Crippen molar-refractivity contribution in [1.82, 2.24) is 0 Å². The van der Waals surface area contributed by atoms with E-state index in [9.17, 15) is 35.7 Å². The summed E-state index contributed by atoms with van der Waals surface area (Å²) >= 11 is 0. The average Bonchev–Trinajstić information content (AvgIpc) is 3.37. The van der Waals surface area contributed by atoms with E-state index in [1.54, 1.807) is 0 Å². The molecule has 0 aromatic heterocycles. The molecule has 6 fully saturated rings. The van der Waals surface area contributed by atoms with Gasteiger partial charge in [0.15, 0.2) is 6.29 Å². The summed E-state index contributed by atoms with van der Waals surface area (Å²) in [5, 5.41) is 75.8. The summed E-state index contributed by atoms with van der Waals surface area (Å²) in [6.45, 7) is 15.1. The molecule has 9 heteroatoms. The Balaban J connectivity index is 1.43. The molecule has 1 heterocycles. The highest BCUT2D eigenvalue weighted by Crippen LogP contribution is 2.78. The Hall–Kier alpha value is -0.360. The molecule has 6 aliphatic rings. The highest BCUT2D eigenvalue weighted by atomic mass is 16.7. The van der Waals surface area contributed by atoms with E-state index in [-0.39, 0.29) is 46.0 Å². The predicted molar refractivity (Wildman–Crippen MR) is 168 cm³/mol. The van der Waals surface area contributed by atoms with E-state index >= 15 is 0 Å². The first kappa shape index (κ1) is 34.5. The third-order valence-electron chi connectivity index (χ3n) is 15.8. The van der Waals surface area contributed by atoms with Gasteiger partial charge in [-0.15, -0.1) is 0 Å². The monoisotopic (exact) mass is 638 g/mol. The molecular formula is C36H62O9. The van der Waals surface area contributed by atoms with E-state index in [0.29, 0.717) is 24.7 Å². The lowest BCUT2D eigenvalue weighted by Crippen LogP contribution is -2.71. The Morgan fingerprint density at radius 1 is 0.800 bits per heavy atom. The fraction of sp³-hybridized carbons (Fsp3) is 1.00. The fourth-order valence-corrected chi connectivity index (χ4v) is 13.4. The summed E-state index contributed by atoms with van der Waals surface area (Å²) in [6.07, 6.45) is 0.431. The zero-order valence-electron chi connectivity index (χ0n) is 28.7. The molecule has 1 saturated heterocycles. The molecule has 0 amide bonds. The Kier molecular flexibility index (Phi) is 8.49. The molecule has 6 rings (SSSR count). The van der Waals surface area contributed by atoms with Gasteiger partial charge in [-0.1, -0.05) is 34.6 Å². The van der Waals surface area contributed by atoms with Gasteiger partial charge in [0.25, 0.3) is 0 Å². The standard InChI is InChI=1S/C36H62O9/c1-31(2)24(39)11-12-33(5)23-9-8-20-25-19(32(3,4)43)10-13-36(25,18-38)15-14-34(20,6)35(23,7)16-21(29(31)33)44-30-28(42)27(41)26(40)22(17-37)45-30/h19-30,37-43H,8-18H2,1-7H3. The van der Waals surface area contributed by atoms with Crippen molar-refractivity contribution < 1.29 is 45.2 Å². The number of ether oxygens (including phenoxy) is 2. The molecule has 5 saturated carbocycles. The van der Waals surface area contributed by atoms with Crippen LogP contribution in [-0.2, 0) is 9.47 Å². The molecule has 0 aromatic rings. The normalized spacial score (nSPS) is 56.1. The van der Waals surface area contributed by atoms with Crippen LogP contribution in [0, 0.1) is 56.7 Å². The Morgan fingerprint density at radius 3 is 2.11 bits per heavy atom. The maximum Gasteiger partial charge on any atom is 0.186 e. The lowest BCUT2D eigenvalue weighted by atomic mass is 9.31. The molecular weight excluding hydrogens is 576 g/mol. The SMILES string of the molecule is CC(C)(O)C1CCC2(CO)CCC3(C)C(CCC4C5(C)CCC(O)C(C)(C)C5C(OC5OC(CO)C(O)C(O)C5O)CC43C)C12. The molecule has 260 valence electrons. The minimum absolute atomic E-state index is 0.0601. The quantitative estimate of drug-likeness (QED) is 0.225. The van der Waals surface area contributed by atoms with Crippen LogP contribution in [0.15, 0.2) is 0 Å². The van der Waals surface area contributed by atoms with Gasteiger partial charge in [-0.3, -0.25) is 0 Å². The predicted octanol–water partition coefficient (Wildman–Crippen LogP) is 2.99. The molecule has 45 heavy (non-hydrogen) atoms. The van der Waals surface area contributed by atoms with E-state index in [1.807, 2.05) is 13.8 Å². The third-order valence-corrected chi connectivity index (χ3v) is 15.8. The molecule has 9 nitrogen and oxygen atoms in total.